The van der Waals surface area contributed by atoms with E-state index in [1.807, 2.05) is 0 Å². The van der Waals surface area contributed by atoms with Crippen LogP contribution in [0, 0.1) is 13.8 Å². The number of amides is 2. The molecule has 116 valence electrons. The number of hydrogen-bond acceptors (Lipinski definition) is 6. The van der Waals surface area contributed by atoms with Gasteiger partial charge in [0.2, 0.25) is 0 Å². The summed E-state index contributed by atoms with van der Waals surface area (Å²) >= 11 is 1.19. The van der Waals surface area contributed by atoms with Gasteiger partial charge in [0.25, 0.3) is 0 Å². The minimum atomic E-state index is -0.901. The number of nitrogens with one attached hydrogen (secondary N) is 2. The van der Waals surface area contributed by atoms with Crippen LogP contribution in [0.1, 0.15) is 27.7 Å². The number of anilines is 1. The molecule has 0 bridgehead atoms. The number of aliphatic hydroxyl groups is 1. The van der Waals surface area contributed by atoms with Gasteiger partial charge in [-0.3, -0.25) is 9.59 Å². The third-order valence-electron chi connectivity index (χ3n) is 2.86. The van der Waals surface area contributed by atoms with Crippen LogP contribution in [0.5, 0.6) is 0 Å². The highest BCUT2D eigenvalue weighted by Gasteiger charge is 2.24. The zero-order valence-corrected chi connectivity index (χ0v) is 13.1. The van der Waals surface area contributed by atoms with Gasteiger partial charge in [-0.15, -0.1) is 11.3 Å². The lowest BCUT2D eigenvalue weighted by molar-refractivity contribution is -0.136. The highest BCUT2D eigenvalue weighted by molar-refractivity contribution is 7.17. The molecule has 1 aromatic rings. The van der Waals surface area contributed by atoms with Crippen molar-refractivity contribution in [2.75, 3.05) is 19.0 Å². The van der Waals surface area contributed by atoms with Gasteiger partial charge in [-0.2, -0.15) is 0 Å². The summed E-state index contributed by atoms with van der Waals surface area (Å²) in [7, 11) is 1.25. The van der Waals surface area contributed by atoms with Crippen molar-refractivity contribution in [3.05, 3.63) is 16.0 Å². The fourth-order valence-electron chi connectivity index (χ4n) is 1.56. The van der Waals surface area contributed by atoms with E-state index in [2.05, 4.69) is 15.4 Å². The van der Waals surface area contributed by atoms with Crippen LogP contribution in [0.3, 0.4) is 0 Å². The number of aryl methyl sites for hydroxylation is 1. The molecule has 0 aliphatic rings. The van der Waals surface area contributed by atoms with Crippen molar-refractivity contribution in [3.63, 3.8) is 0 Å². The third kappa shape index (κ3) is 4.02. The van der Waals surface area contributed by atoms with E-state index in [0.717, 1.165) is 4.88 Å². The lowest BCUT2D eigenvalue weighted by atomic mass is 10.1. The molecule has 21 heavy (non-hydrogen) atoms. The van der Waals surface area contributed by atoms with Crippen molar-refractivity contribution in [3.8, 4) is 0 Å². The molecule has 1 aromatic heterocycles. The van der Waals surface area contributed by atoms with Crippen LogP contribution in [-0.2, 0) is 14.3 Å². The zero-order valence-electron chi connectivity index (χ0n) is 12.3. The summed E-state index contributed by atoms with van der Waals surface area (Å²) < 4.78 is 4.68. The molecular formula is C13H18N2O5S. The first kappa shape index (κ1) is 17.1. The molecule has 1 unspecified atom stereocenters. The predicted octanol–water partition coefficient (Wildman–Crippen LogP) is 0.587. The molecule has 0 aromatic carbocycles. The number of methoxy groups -OCH3 is 1. The standard InChI is InChI=1S/C13H18N2O5S/c1-6(5-16)14-10(17)11(18)15-12-9(13(19)20-4)7(2)8(3)21-12/h6,16H,5H2,1-4H3,(H,14,17)(H,15,18). The monoisotopic (exact) mass is 314 g/mol. The number of carbonyl (C=O) groups excluding carboxylic acids is 3. The van der Waals surface area contributed by atoms with E-state index < -0.39 is 23.8 Å². The van der Waals surface area contributed by atoms with E-state index in [9.17, 15) is 14.4 Å². The fraction of sp³-hybridized carbons (Fsp3) is 0.462. The van der Waals surface area contributed by atoms with Crippen LogP contribution in [0.25, 0.3) is 0 Å². The average Bonchev–Trinajstić information content (AvgIpc) is 2.72. The van der Waals surface area contributed by atoms with Gasteiger partial charge in [-0.05, 0) is 26.3 Å². The van der Waals surface area contributed by atoms with E-state index in [1.54, 1.807) is 20.8 Å². The maximum Gasteiger partial charge on any atom is 0.341 e. The summed E-state index contributed by atoms with van der Waals surface area (Å²) in [5.74, 6) is -2.35. The molecule has 0 spiro atoms. The number of thiophene rings is 1. The van der Waals surface area contributed by atoms with Crippen LogP contribution in [0.4, 0.5) is 5.00 Å². The van der Waals surface area contributed by atoms with Crippen molar-refractivity contribution in [1.82, 2.24) is 5.32 Å². The number of ether oxygens (including phenoxy) is 1. The van der Waals surface area contributed by atoms with Crippen molar-refractivity contribution < 1.29 is 24.2 Å². The van der Waals surface area contributed by atoms with Crippen LogP contribution >= 0.6 is 11.3 Å². The molecule has 2 amide bonds. The Kier molecular flexibility index (Phi) is 5.86. The Labute approximate surface area is 126 Å². The Morgan fingerprint density at radius 3 is 2.43 bits per heavy atom. The Morgan fingerprint density at radius 1 is 1.29 bits per heavy atom. The molecular weight excluding hydrogens is 296 g/mol. The minimum Gasteiger partial charge on any atom is -0.465 e. The first-order valence-electron chi connectivity index (χ1n) is 6.22. The average molecular weight is 314 g/mol. The Bertz CT molecular complexity index is 567. The number of carbonyl (C=O) groups is 3. The molecule has 8 heteroatoms. The van der Waals surface area contributed by atoms with Crippen LogP contribution in [0.2, 0.25) is 0 Å². The van der Waals surface area contributed by atoms with Crippen molar-refractivity contribution in [2.45, 2.75) is 26.8 Å². The van der Waals surface area contributed by atoms with Crippen molar-refractivity contribution in [2.24, 2.45) is 0 Å². The summed E-state index contributed by atoms with van der Waals surface area (Å²) in [5.41, 5.74) is 0.947. The van der Waals surface area contributed by atoms with Gasteiger partial charge in [0, 0.05) is 10.9 Å². The lowest BCUT2D eigenvalue weighted by Gasteiger charge is -2.10. The molecule has 1 rings (SSSR count). The van der Waals surface area contributed by atoms with Crippen LogP contribution in [-0.4, -0.2) is 42.6 Å². The first-order chi connectivity index (χ1) is 9.81. The second-order valence-electron chi connectivity index (χ2n) is 4.49. The Balaban J connectivity index is 2.93. The van der Waals surface area contributed by atoms with E-state index in [-0.39, 0.29) is 17.2 Å². The molecule has 0 radical (unpaired) electrons. The van der Waals surface area contributed by atoms with Crippen molar-refractivity contribution in [1.29, 1.82) is 0 Å². The highest BCUT2D eigenvalue weighted by Crippen LogP contribution is 2.32. The third-order valence-corrected chi connectivity index (χ3v) is 3.98. The number of aliphatic hydroxyl groups excluding tert-OH is 1. The van der Waals surface area contributed by atoms with Gasteiger partial charge in [0.1, 0.15) is 5.00 Å². The number of rotatable bonds is 4. The fourth-order valence-corrected chi connectivity index (χ4v) is 2.60. The quantitative estimate of drug-likeness (QED) is 0.557. The van der Waals surface area contributed by atoms with Gasteiger partial charge < -0.3 is 20.5 Å². The molecule has 0 saturated heterocycles. The van der Waals surface area contributed by atoms with E-state index in [0.29, 0.717) is 5.56 Å². The Hall–Kier alpha value is -1.93. The predicted molar refractivity (Wildman–Crippen MR) is 78.5 cm³/mol. The lowest BCUT2D eigenvalue weighted by Crippen LogP contribution is -2.42. The number of esters is 1. The molecule has 1 atom stereocenters. The molecule has 0 aliphatic heterocycles. The normalized spacial score (nSPS) is 11.7. The molecule has 0 saturated carbocycles. The summed E-state index contributed by atoms with van der Waals surface area (Å²) in [4.78, 5) is 36.0. The Morgan fingerprint density at radius 2 is 1.90 bits per heavy atom. The van der Waals surface area contributed by atoms with E-state index in [1.165, 1.54) is 18.4 Å². The summed E-state index contributed by atoms with van der Waals surface area (Å²) in [6, 6.07) is -0.532. The topological polar surface area (TPSA) is 105 Å². The zero-order chi connectivity index (χ0) is 16.2. The highest BCUT2D eigenvalue weighted by atomic mass is 32.1. The van der Waals surface area contributed by atoms with Gasteiger partial charge in [-0.25, -0.2) is 4.79 Å². The molecule has 0 aliphatic carbocycles. The molecule has 1 heterocycles. The van der Waals surface area contributed by atoms with Crippen LogP contribution < -0.4 is 10.6 Å². The summed E-state index contributed by atoms with van der Waals surface area (Å²) in [6.45, 7) is 4.83. The maximum atomic E-state index is 11.8. The SMILES string of the molecule is COC(=O)c1c(NC(=O)C(=O)NC(C)CO)sc(C)c1C. The molecule has 3 N–H and O–H groups in total. The van der Waals surface area contributed by atoms with Gasteiger partial charge in [0.05, 0.1) is 19.3 Å². The van der Waals surface area contributed by atoms with E-state index >= 15 is 0 Å². The van der Waals surface area contributed by atoms with Gasteiger partial charge in [0.15, 0.2) is 0 Å². The van der Waals surface area contributed by atoms with Crippen LogP contribution in [0.15, 0.2) is 0 Å². The minimum absolute atomic E-state index is 0.247. The second-order valence-corrected chi connectivity index (χ2v) is 5.71. The largest absolute Gasteiger partial charge is 0.465 e. The van der Waals surface area contributed by atoms with Crippen molar-refractivity contribution >= 4 is 34.1 Å². The summed E-state index contributed by atoms with van der Waals surface area (Å²) in [6.07, 6.45) is 0. The molecule has 7 nitrogen and oxygen atoms in total. The van der Waals surface area contributed by atoms with Gasteiger partial charge >= 0.3 is 17.8 Å². The second kappa shape index (κ2) is 7.19. The van der Waals surface area contributed by atoms with Gasteiger partial charge in [-0.1, -0.05) is 0 Å². The van der Waals surface area contributed by atoms with E-state index in [4.69, 9.17) is 5.11 Å². The maximum absolute atomic E-state index is 11.8. The number of hydrogen-bond donors (Lipinski definition) is 3. The first-order valence-corrected chi connectivity index (χ1v) is 7.04. The molecule has 0 fully saturated rings. The summed E-state index contributed by atoms with van der Waals surface area (Å²) in [5, 5.41) is 13.8. The smallest absolute Gasteiger partial charge is 0.341 e.